The van der Waals surface area contributed by atoms with Gasteiger partial charge >= 0.3 is 0 Å². The van der Waals surface area contributed by atoms with Crippen molar-refractivity contribution in [3.05, 3.63) is 18.2 Å². The molecular formula is C16H23N3O3. The van der Waals surface area contributed by atoms with Gasteiger partial charge in [-0.1, -0.05) is 13.3 Å². The lowest BCUT2D eigenvalue weighted by Gasteiger charge is -2.13. The van der Waals surface area contributed by atoms with Gasteiger partial charge < -0.3 is 19.9 Å². The minimum absolute atomic E-state index is 0.562. The van der Waals surface area contributed by atoms with Crippen molar-refractivity contribution in [2.75, 3.05) is 27.1 Å². The summed E-state index contributed by atoms with van der Waals surface area (Å²) in [5.74, 6) is 2.40. The van der Waals surface area contributed by atoms with Crippen molar-refractivity contribution in [3.8, 4) is 28.5 Å². The molecule has 0 amide bonds. The van der Waals surface area contributed by atoms with E-state index in [0.29, 0.717) is 23.1 Å². The zero-order valence-electron chi connectivity index (χ0n) is 13.5. The number of unbranched alkanes of at least 4 members (excludes halogenated alkanes) is 1. The number of aryl methyl sites for hydroxylation is 1. The zero-order chi connectivity index (χ0) is 16.1. The van der Waals surface area contributed by atoms with E-state index in [-0.39, 0.29) is 0 Å². The van der Waals surface area contributed by atoms with Gasteiger partial charge in [0.05, 0.1) is 27.0 Å². The number of anilines is 1. The number of nitrogen functional groups attached to an aromatic ring is 1. The lowest BCUT2D eigenvalue weighted by atomic mass is 10.1. The Bertz CT molecular complexity index is 613. The van der Waals surface area contributed by atoms with E-state index >= 15 is 0 Å². The molecule has 0 fully saturated rings. The maximum Gasteiger partial charge on any atom is 0.203 e. The second kappa shape index (κ2) is 7.06. The van der Waals surface area contributed by atoms with E-state index in [1.165, 1.54) is 0 Å². The molecule has 6 nitrogen and oxygen atoms in total. The smallest absolute Gasteiger partial charge is 0.203 e. The molecule has 2 N–H and O–H groups in total. The molecular weight excluding hydrogens is 282 g/mol. The normalized spacial score (nSPS) is 10.5. The van der Waals surface area contributed by atoms with Crippen LogP contribution < -0.4 is 19.9 Å². The molecule has 0 spiro atoms. The molecule has 0 bridgehead atoms. The van der Waals surface area contributed by atoms with E-state index in [1.54, 1.807) is 21.3 Å². The van der Waals surface area contributed by atoms with Gasteiger partial charge in [0.15, 0.2) is 11.5 Å². The average molecular weight is 305 g/mol. The third-order valence-corrected chi connectivity index (χ3v) is 3.50. The molecule has 22 heavy (non-hydrogen) atoms. The fraction of sp³-hybridized carbons (Fsp3) is 0.438. The third-order valence-electron chi connectivity index (χ3n) is 3.50. The Morgan fingerprint density at radius 1 is 1.05 bits per heavy atom. The standard InChI is InChI=1S/C16H23N3O3/c1-5-6-7-19-15(17)10-12(18-19)11-8-13(20-2)16(22-4)14(9-11)21-3/h8-10H,5-7,17H2,1-4H3. The highest BCUT2D eigenvalue weighted by Crippen LogP contribution is 2.41. The molecule has 0 saturated heterocycles. The van der Waals surface area contributed by atoms with Crippen LogP contribution in [0.25, 0.3) is 11.3 Å². The predicted octanol–water partition coefficient (Wildman–Crippen LogP) is 2.96. The van der Waals surface area contributed by atoms with Crippen LogP contribution in [0.15, 0.2) is 18.2 Å². The van der Waals surface area contributed by atoms with E-state index in [1.807, 2.05) is 22.9 Å². The summed E-state index contributed by atoms with van der Waals surface area (Å²) in [5, 5.41) is 4.56. The number of aromatic nitrogens is 2. The number of hydrogen-bond donors (Lipinski definition) is 1. The second-order valence-electron chi connectivity index (χ2n) is 4.95. The quantitative estimate of drug-likeness (QED) is 0.851. The molecule has 0 unspecified atom stereocenters. The largest absolute Gasteiger partial charge is 0.493 e. The van der Waals surface area contributed by atoms with E-state index in [4.69, 9.17) is 19.9 Å². The van der Waals surface area contributed by atoms with Crippen molar-refractivity contribution in [2.24, 2.45) is 0 Å². The van der Waals surface area contributed by atoms with Gasteiger partial charge in [0.1, 0.15) is 5.82 Å². The first kappa shape index (κ1) is 16.0. The van der Waals surface area contributed by atoms with Crippen LogP contribution in [0.2, 0.25) is 0 Å². The van der Waals surface area contributed by atoms with Crippen LogP contribution in [0.5, 0.6) is 17.2 Å². The van der Waals surface area contributed by atoms with Crippen molar-refractivity contribution < 1.29 is 14.2 Å². The Morgan fingerprint density at radius 3 is 2.18 bits per heavy atom. The Labute approximate surface area is 130 Å². The number of hydrogen-bond acceptors (Lipinski definition) is 5. The first-order chi connectivity index (χ1) is 10.6. The Hall–Kier alpha value is -2.37. The van der Waals surface area contributed by atoms with Crippen molar-refractivity contribution in [3.63, 3.8) is 0 Å². The van der Waals surface area contributed by atoms with Gasteiger partial charge in [-0.2, -0.15) is 5.10 Å². The molecule has 0 radical (unpaired) electrons. The molecule has 1 aromatic carbocycles. The van der Waals surface area contributed by atoms with Crippen LogP contribution in [0.4, 0.5) is 5.82 Å². The molecule has 6 heteroatoms. The van der Waals surface area contributed by atoms with Crippen molar-refractivity contribution in [1.82, 2.24) is 9.78 Å². The summed E-state index contributed by atoms with van der Waals surface area (Å²) < 4.78 is 17.9. The molecule has 1 aromatic heterocycles. The van der Waals surface area contributed by atoms with E-state index in [2.05, 4.69) is 12.0 Å². The predicted molar refractivity (Wildman–Crippen MR) is 86.6 cm³/mol. The summed E-state index contributed by atoms with van der Waals surface area (Å²) in [5.41, 5.74) is 7.69. The van der Waals surface area contributed by atoms with Crippen LogP contribution in [-0.4, -0.2) is 31.1 Å². The lowest BCUT2D eigenvalue weighted by Crippen LogP contribution is -2.04. The molecule has 0 aliphatic carbocycles. The van der Waals surface area contributed by atoms with Gasteiger partial charge in [0.2, 0.25) is 5.75 Å². The van der Waals surface area contributed by atoms with Gasteiger partial charge in [-0.3, -0.25) is 0 Å². The average Bonchev–Trinajstić information content (AvgIpc) is 2.92. The maximum atomic E-state index is 6.03. The van der Waals surface area contributed by atoms with Crippen LogP contribution in [0.1, 0.15) is 19.8 Å². The van der Waals surface area contributed by atoms with Crippen molar-refractivity contribution in [2.45, 2.75) is 26.3 Å². The van der Waals surface area contributed by atoms with Gasteiger partial charge in [-0.15, -0.1) is 0 Å². The SMILES string of the molecule is CCCCn1nc(-c2cc(OC)c(OC)c(OC)c2)cc1N. The number of nitrogens with two attached hydrogens (primary N) is 1. The van der Waals surface area contributed by atoms with Crippen LogP contribution in [0.3, 0.4) is 0 Å². The Kier molecular flexibility index (Phi) is 5.14. The Balaban J connectivity index is 2.44. The Morgan fingerprint density at radius 2 is 1.68 bits per heavy atom. The highest BCUT2D eigenvalue weighted by Gasteiger charge is 2.16. The molecule has 1 heterocycles. The summed E-state index contributed by atoms with van der Waals surface area (Å²) >= 11 is 0. The van der Waals surface area contributed by atoms with Gasteiger partial charge in [0.25, 0.3) is 0 Å². The molecule has 0 aliphatic heterocycles. The van der Waals surface area contributed by atoms with Crippen molar-refractivity contribution >= 4 is 5.82 Å². The van der Waals surface area contributed by atoms with E-state index in [0.717, 1.165) is 30.6 Å². The van der Waals surface area contributed by atoms with E-state index in [9.17, 15) is 0 Å². The maximum absolute atomic E-state index is 6.03. The highest BCUT2D eigenvalue weighted by atomic mass is 16.5. The van der Waals surface area contributed by atoms with Gasteiger partial charge in [-0.05, 0) is 18.6 Å². The lowest BCUT2D eigenvalue weighted by molar-refractivity contribution is 0.324. The summed E-state index contributed by atoms with van der Waals surface area (Å²) in [6.07, 6.45) is 2.14. The van der Waals surface area contributed by atoms with E-state index < -0.39 is 0 Å². The second-order valence-corrected chi connectivity index (χ2v) is 4.95. The first-order valence-corrected chi connectivity index (χ1v) is 7.28. The van der Waals surface area contributed by atoms with Gasteiger partial charge in [0, 0.05) is 18.2 Å². The number of benzene rings is 1. The number of methoxy groups -OCH3 is 3. The number of ether oxygens (including phenoxy) is 3. The topological polar surface area (TPSA) is 71.5 Å². The molecule has 2 aromatic rings. The number of nitrogens with zero attached hydrogens (tertiary/aromatic N) is 2. The molecule has 0 aliphatic rings. The summed E-state index contributed by atoms with van der Waals surface area (Å²) in [4.78, 5) is 0. The van der Waals surface area contributed by atoms with Crippen LogP contribution in [-0.2, 0) is 6.54 Å². The van der Waals surface area contributed by atoms with Crippen molar-refractivity contribution in [1.29, 1.82) is 0 Å². The zero-order valence-corrected chi connectivity index (χ0v) is 13.5. The minimum atomic E-state index is 0.562. The summed E-state index contributed by atoms with van der Waals surface area (Å²) in [6.45, 7) is 2.95. The molecule has 0 atom stereocenters. The monoisotopic (exact) mass is 305 g/mol. The van der Waals surface area contributed by atoms with Gasteiger partial charge in [-0.25, -0.2) is 4.68 Å². The molecule has 0 saturated carbocycles. The van der Waals surface area contributed by atoms with Crippen LogP contribution in [0, 0.1) is 0 Å². The number of rotatable bonds is 7. The summed E-state index contributed by atoms with van der Waals surface area (Å²) in [6, 6.07) is 5.59. The first-order valence-electron chi connectivity index (χ1n) is 7.28. The third kappa shape index (κ3) is 3.10. The fourth-order valence-corrected chi connectivity index (χ4v) is 2.29. The highest BCUT2D eigenvalue weighted by molar-refractivity contribution is 5.70. The molecule has 120 valence electrons. The minimum Gasteiger partial charge on any atom is -0.493 e. The summed E-state index contributed by atoms with van der Waals surface area (Å²) in [7, 11) is 4.77. The van der Waals surface area contributed by atoms with Crippen LogP contribution >= 0.6 is 0 Å². The fourth-order valence-electron chi connectivity index (χ4n) is 2.29. The molecule has 2 rings (SSSR count).